The van der Waals surface area contributed by atoms with Crippen molar-refractivity contribution >= 4 is 33.2 Å². The Labute approximate surface area is 133 Å². The zero-order valence-corrected chi connectivity index (χ0v) is 14.0. The molecule has 0 N–H and O–H groups in total. The predicted molar refractivity (Wildman–Crippen MR) is 89.8 cm³/mol. The van der Waals surface area contributed by atoms with Gasteiger partial charge in [0.25, 0.3) is 0 Å². The lowest BCUT2D eigenvalue weighted by Gasteiger charge is -2.28. The van der Waals surface area contributed by atoms with Crippen molar-refractivity contribution in [1.29, 1.82) is 0 Å². The first-order valence-corrected chi connectivity index (χ1v) is 8.01. The Morgan fingerprint density at radius 1 is 1.25 bits per heavy atom. The van der Waals surface area contributed by atoms with Crippen LogP contribution < -0.4 is 4.90 Å². The Kier molecular flexibility index (Phi) is 3.78. The second-order valence-electron chi connectivity index (χ2n) is 5.41. The van der Waals surface area contributed by atoms with Crippen LogP contribution in [-0.2, 0) is 6.42 Å². The highest BCUT2D eigenvalue weighted by atomic mass is 79.9. The molecule has 0 aromatic heterocycles. The number of anilines is 1. The lowest BCUT2D eigenvalue weighted by Crippen LogP contribution is -2.22. The van der Waals surface area contributed by atoms with E-state index < -0.39 is 0 Å². The van der Waals surface area contributed by atoms with Crippen LogP contribution >= 0.6 is 27.5 Å². The number of hydrogen-bond donors (Lipinski definition) is 0. The summed E-state index contributed by atoms with van der Waals surface area (Å²) in [6.07, 6.45) is 2.30. The summed E-state index contributed by atoms with van der Waals surface area (Å²) in [5.74, 6) is 0. The fourth-order valence-corrected chi connectivity index (χ4v) is 3.72. The molecule has 1 atom stereocenters. The smallest absolute Gasteiger partial charge is 0.0545 e. The molecule has 104 valence electrons. The Morgan fingerprint density at radius 2 is 2.05 bits per heavy atom. The summed E-state index contributed by atoms with van der Waals surface area (Å²) in [7, 11) is 2.17. The van der Waals surface area contributed by atoms with Gasteiger partial charge in [-0.2, -0.15) is 0 Å². The number of rotatable bonds is 2. The summed E-state index contributed by atoms with van der Waals surface area (Å²) in [4.78, 5) is 2.36. The van der Waals surface area contributed by atoms with E-state index >= 15 is 0 Å². The molecule has 0 spiro atoms. The van der Waals surface area contributed by atoms with Gasteiger partial charge in [0, 0.05) is 22.2 Å². The zero-order chi connectivity index (χ0) is 14.3. The zero-order valence-electron chi connectivity index (χ0n) is 11.7. The third-order valence-electron chi connectivity index (χ3n) is 4.20. The van der Waals surface area contributed by atoms with Gasteiger partial charge in [0.2, 0.25) is 0 Å². The normalized spacial score (nSPS) is 17.1. The maximum atomic E-state index is 6.12. The predicted octanol–water partition coefficient (Wildman–Crippen LogP) is 5.53. The third kappa shape index (κ3) is 2.36. The van der Waals surface area contributed by atoms with Gasteiger partial charge in [-0.25, -0.2) is 0 Å². The molecule has 0 saturated carbocycles. The minimum atomic E-state index is 0.447. The first kappa shape index (κ1) is 14.0. The van der Waals surface area contributed by atoms with Crippen LogP contribution in [0.15, 0.2) is 40.9 Å². The van der Waals surface area contributed by atoms with Gasteiger partial charge in [-0.05, 0) is 60.7 Å². The summed E-state index contributed by atoms with van der Waals surface area (Å²) in [6, 6.07) is 13.2. The molecule has 3 rings (SSSR count). The molecule has 0 fully saturated rings. The monoisotopic (exact) mass is 349 g/mol. The van der Waals surface area contributed by atoms with Crippen molar-refractivity contribution in [3.63, 3.8) is 0 Å². The van der Waals surface area contributed by atoms with E-state index in [-0.39, 0.29) is 0 Å². The van der Waals surface area contributed by atoms with Gasteiger partial charge in [-0.3, -0.25) is 0 Å². The molecule has 0 heterocycles. The number of nitrogens with zero attached hydrogens (tertiary/aromatic N) is 1. The highest BCUT2D eigenvalue weighted by Crippen LogP contribution is 2.40. The van der Waals surface area contributed by atoms with E-state index in [0.29, 0.717) is 6.04 Å². The number of fused-ring (bicyclic) bond motifs is 1. The highest BCUT2D eigenvalue weighted by molar-refractivity contribution is 9.10. The molecule has 0 radical (unpaired) electrons. The van der Waals surface area contributed by atoms with Crippen molar-refractivity contribution < 1.29 is 0 Å². The van der Waals surface area contributed by atoms with Crippen LogP contribution in [-0.4, -0.2) is 7.05 Å². The van der Waals surface area contributed by atoms with E-state index in [1.807, 2.05) is 6.07 Å². The molecule has 20 heavy (non-hydrogen) atoms. The standard InChI is InChI=1S/C17H17BrClN/c1-11-10-12(6-8-16(11)19)20(2)17-9-7-13-14(17)4-3-5-15(13)18/h3-6,8,10,17H,7,9H2,1-2H3. The minimum Gasteiger partial charge on any atom is -0.368 e. The Bertz CT molecular complexity index is 653. The van der Waals surface area contributed by atoms with Crippen LogP contribution in [0.2, 0.25) is 5.02 Å². The Balaban J connectivity index is 1.95. The van der Waals surface area contributed by atoms with E-state index in [0.717, 1.165) is 23.4 Å². The van der Waals surface area contributed by atoms with Crippen molar-refractivity contribution in [2.75, 3.05) is 11.9 Å². The van der Waals surface area contributed by atoms with Crippen LogP contribution in [0.5, 0.6) is 0 Å². The molecule has 0 bridgehead atoms. The molecule has 2 aromatic rings. The van der Waals surface area contributed by atoms with E-state index in [9.17, 15) is 0 Å². The van der Waals surface area contributed by atoms with Crippen molar-refractivity contribution in [3.05, 3.63) is 62.6 Å². The molecule has 1 aliphatic carbocycles. The number of hydrogen-bond acceptors (Lipinski definition) is 1. The average molecular weight is 351 g/mol. The lowest BCUT2D eigenvalue weighted by molar-refractivity contribution is 0.662. The van der Waals surface area contributed by atoms with Gasteiger partial charge in [0.05, 0.1) is 6.04 Å². The van der Waals surface area contributed by atoms with Crippen molar-refractivity contribution in [1.82, 2.24) is 0 Å². The molecule has 1 aliphatic rings. The van der Waals surface area contributed by atoms with Crippen LogP contribution in [0.4, 0.5) is 5.69 Å². The number of aryl methyl sites for hydroxylation is 1. The summed E-state index contributed by atoms with van der Waals surface area (Å²) in [6.45, 7) is 2.05. The fourth-order valence-electron chi connectivity index (χ4n) is 3.02. The molecule has 0 saturated heterocycles. The quantitative estimate of drug-likeness (QED) is 0.688. The Hall–Kier alpha value is -0.990. The third-order valence-corrected chi connectivity index (χ3v) is 5.37. The van der Waals surface area contributed by atoms with Gasteiger partial charge >= 0.3 is 0 Å². The second-order valence-corrected chi connectivity index (χ2v) is 6.67. The summed E-state index contributed by atoms with van der Waals surface area (Å²) >= 11 is 9.79. The van der Waals surface area contributed by atoms with Gasteiger partial charge < -0.3 is 4.90 Å². The second kappa shape index (κ2) is 5.42. The fraction of sp³-hybridized carbons (Fsp3) is 0.294. The molecule has 0 aliphatic heterocycles. The number of benzene rings is 2. The minimum absolute atomic E-state index is 0.447. The maximum Gasteiger partial charge on any atom is 0.0545 e. The molecule has 1 unspecified atom stereocenters. The number of halogens is 2. The van der Waals surface area contributed by atoms with Gasteiger partial charge in [0.1, 0.15) is 0 Å². The van der Waals surface area contributed by atoms with Crippen molar-refractivity contribution in [3.8, 4) is 0 Å². The van der Waals surface area contributed by atoms with Crippen LogP contribution in [0.3, 0.4) is 0 Å². The summed E-state index contributed by atoms with van der Waals surface area (Å²) in [5, 5.41) is 0.830. The topological polar surface area (TPSA) is 3.24 Å². The average Bonchev–Trinajstić information content (AvgIpc) is 2.86. The first-order chi connectivity index (χ1) is 9.58. The SMILES string of the molecule is Cc1cc(N(C)C2CCc3c(Br)cccc32)ccc1Cl. The maximum absolute atomic E-state index is 6.12. The van der Waals surface area contributed by atoms with Crippen molar-refractivity contribution in [2.45, 2.75) is 25.8 Å². The molecule has 0 amide bonds. The molecular formula is C17H17BrClN. The van der Waals surface area contributed by atoms with E-state index in [4.69, 9.17) is 11.6 Å². The molecule has 3 heteroatoms. The summed E-state index contributed by atoms with van der Waals surface area (Å²) in [5.41, 5.74) is 5.25. The first-order valence-electron chi connectivity index (χ1n) is 6.84. The summed E-state index contributed by atoms with van der Waals surface area (Å²) < 4.78 is 1.23. The highest BCUT2D eigenvalue weighted by Gasteiger charge is 2.27. The van der Waals surface area contributed by atoms with E-state index in [2.05, 4.69) is 65.1 Å². The van der Waals surface area contributed by atoms with Crippen LogP contribution in [0, 0.1) is 6.92 Å². The van der Waals surface area contributed by atoms with E-state index in [1.54, 1.807) is 0 Å². The Morgan fingerprint density at radius 3 is 2.80 bits per heavy atom. The van der Waals surface area contributed by atoms with Crippen molar-refractivity contribution in [2.24, 2.45) is 0 Å². The van der Waals surface area contributed by atoms with Gasteiger partial charge in [-0.15, -0.1) is 0 Å². The largest absolute Gasteiger partial charge is 0.368 e. The molecular weight excluding hydrogens is 334 g/mol. The lowest BCUT2D eigenvalue weighted by atomic mass is 10.1. The van der Waals surface area contributed by atoms with Crippen LogP contribution in [0.1, 0.15) is 29.2 Å². The van der Waals surface area contributed by atoms with Crippen LogP contribution in [0.25, 0.3) is 0 Å². The van der Waals surface area contributed by atoms with E-state index in [1.165, 1.54) is 21.3 Å². The van der Waals surface area contributed by atoms with Gasteiger partial charge in [-0.1, -0.05) is 39.7 Å². The van der Waals surface area contributed by atoms with Gasteiger partial charge in [0.15, 0.2) is 0 Å². The molecule has 2 aromatic carbocycles. The molecule has 1 nitrogen and oxygen atoms in total.